The van der Waals surface area contributed by atoms with Crippen LogP contribution in [0.25, 0.3) is 0 Å². The minimum Gasteiger partial charge on any atom is -0.508 e. The Kier molecular flexibility index (Phi) is 4.96. The number of rotatable bonds is 4. The zero-order valence-electron chi connectivity index (χ0n) is 11.2. The molecule has 22 heavy (non-hydrogen) atoms. The lowest BCUT2D eigenvalue weighted by atomic mass is 10.2. The van der Waals surface area contributed by atoms with E-state index in [0.717, 1.165) is 0 Å². The molecule has 6 nitrogen and oxygen atoms in total. The van der Waals surface area contributed by atoms with Crippen molar-refractivity contribution in [3.8, 4) is 11.8 Å². The standard InChI is InChI=1S/C15H11ClN4O2/c16-11-5-6-18-14(7-11)19-9-10(8-17)15(22)20-12-1-3-13(21)4-2-12/h1-7,9,21H,(H,18,19)(H,20,22)/b10-9-. The summed E-state index contributed by atoms with van der Waals surface area (Å²) >= 11 is 5.81. The van der Waals surface area contributed by atoms with Gasteiger partial charge < -0.3 is 15.7 Å². The number of nitriles is 1. The number of anilines is 2. The third-order valence-corrected chi connectivity index (χ3v) is 2.81. The zero-order valence-corrected chi connectivity index (χ0v) is 12.0. The Morgan fingerprint density at radius 2 is 2.05 bits per heavy atom. The summed E-state index contributed by atoms with van der Waals surface area (Å²) in [6.45, 7) is 0. The van der Waals surface area contributed by atoms with Crippen LogP contribution in [0.2, 0.25) is 5.02 Å². The molecule has 1 aromatic heterocycles. The van der Waals surface area contributed by atoms with E-state index in [-0.39, 0.29) is 11.3 Å². The molecule has 0 aliphatic heterocycles. The van der Waals surface area contributed by atoms with Crippen LogP contribution in [-0.4, -0.2) is 16.0 Å². The highest BCUT2D eigenvalue weighted by Gasteiger charge is 2.09. The van der Waals surface area contributed by atoms with Crippen LogP contribution in [0.1, 0.15) is 0 Å². The Labute approximate surface area is 131 Å². The Morgan fingerprint density at radius 1 is 1.32 bits per heavy atom. The lowest BCUT2D eigenvalue weighted by molar-refractivity contribution is -0.112. The van der Waals surface area contributed by atoms with Gasteiger partial charge in [-0.25, -0.2) is 4.98 Å². The van der Waals surface area contributed by atoms with Crippen molar-refractivity contribution in [2.24, 2.45) is 0 Å². The van der Waals surface area contributed by atoms with Gasteiger partial charge in [-0.2, -0.15) is 5.26 Å². The summed E-state index contributed by atoms with van der Waals surface area (Å²) in [6, 6.07) is 10.9. The van der Waals surface area contributed by atoms with Crippen LogP contribution in [0.3, 0.4) is 0 Å². The number of pyridine rings is 1. The first-order valence-electron chi connectivity index (χ1n) is 6.17. The highest BCUT2D eigenvalue weighted by molar-refractivity contribution is 6.30. The third kappa shape index (κ3) is 4.23. The van der Waals surface area contributed by atoms with Gasteiger partial charge in [0.05, 0.1) is 0 Å². The third-order valence-electron chi connectivity index (χ3n) is 2.58. The second-order valence-corrected chi connectivity index (χ2v) is 4.61. The Morgan fingerprint density at radius 3 is 2.68 bits per heavy atom. The number of hydrogen-bond acceptors (Lipinski definition) is 5. The van der Waals surface area contributed by atoms with Gasteiger partial charge >= 0.3 is 0 Å². The second kappa shape index (κ2) is 7.11. The lowest BCUT2D eigenvalue weighted by Gasteiger charge is -2.05. The molecule has 110 valence electrons. The van der Waals surface area contributed by atoms with Crippen LogP contribution >= 0.6 is 11.6 Å². The van der Waals surface area contributed by atoms with Crippen molar-refractivity contribution in [2.45, 2.75) is 0 Å². The Balaban J connectivity index is 2.07. The molecule has 0 fully saturated rings. The molecule has 1 amide bonds. The number of carbonyl (C=O) groups excluding carboxylic acids is 1. The van der Waals surface area contributed by atoms with E-state index in [0.29, 0.717) is 16.5 Å². The first-order valence-corrected chi connectivity index (χ1v) is 6.55. The van der Waals surface area contributed by atoms with Crippen molar-refractivity contribution < 1.29 is 9.90 Å². The molecule has 0 atom stereocenters. The van der Waals surface area contributed by atoms with Crippen LogP contribution in [0.4, 0.5) is 11.5 Å². The highest BCUT2D eigenvalue weighted by Crippen LogP contribution is 2.15. The van der Waals surface area contributed by atoms with Crippen molar-refractivity contribution in [3.63, 3.8) is 0 Å². The molecule has 0 unspecified atom stereocenters. The number of amides is 1. The fraction of sp³-hybridized carbons (Fsp3) is 0. The maximum absolute atomic E-state index is 12.0. The molecule has 0 radical (unpaired) electrons. The van der Waals surface area contributed by atoms with Crippen molar-refractivity contribution in [2.75, 3.05) is 10.6 Å². The minimum atomic E-state index is -0.581. The Bertz CT molecular complexity index is 751. The molecule has 1 aromatic carbocycles. The summed E-state index contributed by atoms with van der Waals surface area (Å²) in [5.41, 5.74) is 0.333. The average molecular weight is 315 g/mol. The van der Waals surface area contributed by atoms with Gasteiger partial charge in [-0.3, -0.25) is 4.79 Å². The number of hydrogen-bond donors (Lipinski definition) is 3. The van der Waals surface area contributed by atoms with Crippen LogP contribution in [0.15, 0.2) is 54.4 Å². The van der Waals surface area contributed by atoms with E-state index in [1.165, 1.54) is 36.7 Å². The summed E-state index contributed by atoms with van der Waals surface area (Å²) in [4.78, 5) is 16.0. The molecule has 0 saturated heterocycles. The van der Waals surface area contributed by atoms with Crippen LogP contribution < -0.4 is 10.6 Å². The van der Waals surface area contributed by atoms with E-state index in [4.69, 9.17) is 16.9 Å². The number of aromatic nitrogens is 1. The molecule has 3 N–H and O–H groups in total. The van der Waals surface area contributed by atoms with Crippen molar-refractivity contribution in [1.29, 1.82) is 5.26 Å². The molecule has 0 saturated carbocycles. The summed E-state index contributed by atoms with van der Waals surface area (Å²) in [7, 11) is 0. The van der Waals surface area contributed by atoms with Crippen molar-refractivity contribution in [3.05, 3.63) is 59.4 Å². The largest absolute Gasteiger partial charge is 0.508 e. The summed E-state index contributed by atoms with van der Waals surface area (Å²) in [5.74, 6) is -0.0804. The van der Waals surface area contributed by atoms with E-state index in [9.17, 15) is 9.90 Å². The minimum absolute atomic E-state index is 0.0859. The highest BCUT2D eigenvalue weighted by atomic mass is 35.5. The first kappa shape index (κ1) is 15.4. The molecule has 7 heteroatoms. The molecule has 0 aliphatic rings. The van der Waals surface area contributed by atoms with E-state index in [2.05, 4.69) is 15.6 Å². The topological polar surface area (TPSA) is 98.0 Å². The fourth-order valence-electron chi connectivity index (χ4n) is 1.52. The van der Waals surface area contributed by atoms with Gasteiger partial charge in [0.15, 0.2) is 0 Å². The van der Waals surface area contributed by atoms with Crippen molar-refractivity contribution in [1.82, 2.24) is 4.98 Å². The van der Waals surface area contributed by atoms with Crippen LogP contribution in [-0.2, 0) is 4.79 Å². The van der Waals surface area contributed by atoms with E-state index >= 15 is 0 Å². The number of phenolic OH excluding ortho intramolecular Hbond substituents is 1. The van der Waals surface area contributed by atoms with Gasteiger partial charge in [0.2, 0.25) is 0 Å². The molecule has 0 aliphatic carbocycles. The zero-order chi connectivity index (χ0) is 15.9. The fourth-order valence-corrected chi connectivity index (χ4v) is 1.68. The predicted octanol–water partition coefficient (Wildman–Crippen LogP) is 2.90. The lowest BCUT2D eigenvalue weighted by Crippen LogP contribution is -2.14. The Hall–Kier alpha value is -3.04. The summed E-state index contributed by atoms with van der Waals surface area (Å²) in [5, 5.41) is 24.0. The number of nitrogens with one attached hydrogen (secondary N) is 2. The molecule has 1 heterocycles. The molecule has 2 aromatic rings. The number of benzene rings is 1. The number of phenols is 1. The maximum Gasteiger partial charge on any atom is 0.267 e. The molecule has 0 spiro atoms. The van der Waals surface area contributed by atoms with E-state index in [1.54, 1.807) is 18.2 Å². The number of halogens is 1. The first-order chi connectivity index (χ1) is 10.6. The smallest absolute Gasteiger partial charge is 0.267 e. The number of aromatic hydroxyl groups is 1. The maximum atomic E-state index is 12.0. The van der Waals surface area contributed by atoms with Crippen molar-refractivity contribution >= 4 is 29.0 Å². The molecular formula is C15H11ClN4O2. The monoisotopic (exact) mass is 314 g/mol. The van der Waals surface area contributed by atoms with Gasteiger partial charge in [0, 0.05) is 23.1 Å². The van der Waals surface area contributed by atoms with Gasteiger partial charge in [-0.1, -0.05) is 11.6 Å². The summed E-state index contributed by atoms with van der Waals surface area (Å²) < 4.78 is 0. The van der Waals surface area contributed by atoms with Gasteiger partial charge in [-0.05, 0) is 36.4 Å². The van der Waals surface area contributed by atoms with Crippen LogP contribution in [0.5, 0.6) is 5.75 Å². The number of carbonyl (C=O) groups is 1. The molecule has 0 bridgehead atoms. The predicted molar refractivity (Wildman–Crippen MR) is 83.3 cm³/mol. The van der Waals surface area contributed by atoms with E-state index in [1.807, 2.05) is 0 Å². The quantitative estimate of drug-likeness (QED) is 0.458. The van der Waals surface area contributed by atoms with Gasteiger partial charge in [-0.15, -0.1) is 0 Å². The normalized spacial score (nSPS) is 10.6. The SMILES string of the molecule is N#C/C(=C/Nc1cc(Cl)ccn1)C(=O)Nc1ccc(O)cc1. The number of nitrogens with zero attached hydrogens (tertiary/aromatic N) is 2. The summed E-state index contributed by atoms with van der Waals surface area (Å²) in [6.07, 6.45) is 2.75. The van der Waals surface area contributed by atoms with Gasteiger partial charge in [0.1, 0.15) is 23.2 Å². The van der Waals surface area contributed by atoms with Crippen LogP contribution in [0, 0.1) is 11.3 Å². The average Bonchev–Trinajstić information content (AvgIpc) is 2.50. The molecular weight excluding hydrogens is 304 g/mol. The van der Waals surface area contributed by atoms with E-state index < -0.39 is 5.91 Å². The molecule has 2 rings (SSSR count). The van der Waals surface area contributed by atoms with Gasteiger partial charge in [0.25, 0.3) is 5.91 Å². The second-order valence-electron chi connectivity index (χ2n) is 4.17.